The fourth-order valence-electron chi connectivity index (χ4n) is 3.39. The van der Waals surface area contributed by atoms with Crippen LogP contribution < -0.4 is 9.47 Å². The number of halogens is 1. The van der Waals surface area contributed by atoms with Crippen LogP contribution in [0.2, 0.25) is 0 Å². The van der Waals surface area contributed by atoms with Crippen molar-refractivity contribution in [1.82, 2.24) is 4.90 Å². The van der Waals surface area contributed by atoms with Crippen molar-refractivity contribution in [2.45, 2.75) is 19.2 Å². The minimum atomic E-state index is -1.18. The third kappa shape index (κ3) is 3.36. The molecule has 0 spiro atoms. The van der Waals surface area contributed by atoms with Crippen LogP contribution in [-0.4, -0.2) is 41.8 Å². The van der Waals surface area contributed by atoms with Crippen molar-refractivity contribution < 1.29 is 28.9 Å². The molecule has 7 heteroatoms. The number of carbonyl (C=O) groups is 1. The van der Waals surface area contributed by atoms with Gasteiger partial charge in [-0.1, -0.05) is 6.07 Å². The number of nitrogens with zero attached hydrogens (tertiary/aromatic N) is 1. The molecule has 3 rings (SSSR count). The number of hydrogen-bond donors (Lipinski definition) is 2. The highest BCUT2D eigenvalue weighted by Gasteiger charge is 2.30. The minimum Gasteiger partial charge on any atom is -0.496 e. The fourth-order valence-corrected chi connectivity index (χ4v) is 3.39. The highest BCUT2D eigenvalue weighted by Crippen LogP contribution is 2.39. The maximum absolute atomic E-state index is 13.4. The topological polar surface area (TPSA) is 79.2 Å². The van der Waals surface area contributed by atoms with Gasteiger partial charge >= 0.3 is 5.97 Å². The van der Waals surface area contributed by atoms with E-state index in [0.717, 1.165) is 11.6 Å². The van der Waals surface area contributed by atoms with Gasteiger partial charge in [-0.05, 0) is 29.8 Å². The number of carboxylic acid groups (broad SMARTS) is 1. The molecule has 0 aliphatic carbocycles. The lowest BCUT2D eigenvalue weighted by atomic mass is 9.94. The molecule has 26 heavy (non-hydrogen) atoms. The molecular weight excluding hydrogens is 341 g/mol. The largest absolute Gasteiger partial charge is 0.496 e. The first kappa shape index (κ1) is 18.2. The Morgan fingerprint density at radius 3 is 2.58 bits per heavy atom. The molecule has 0 bridgehead atoms. The summed E-state index contributed by atoms with van der Waals surface area (Å²) in [6.07, 6.45) is -0.808. The second-order valence-electron chi connectivity index (χ2n) is 6.15. The van der Waals surface area contributed by atoms with Gasteiger partial charge in [-0.2, -0.15) is 0 Å². The summed E-state index contributed by atoms with van der Waals surface area (Å²) in [5.74, 6) is -0.568. The van der Waals surface area contributed by atoms with Gasteiger partial charge in [-0.25, -0.2) is 9.18 Å². The fraction of sp³-hybridized carbons (Fsp3) is 0.316. The first-order valence-electron chi connectivity index (χ1n) is 8.10. The highest BCUT2D eigenvalue weighted by molar-refractivity contribution is 5.89. The molecule has 0 radical (unpaired) electrons. The second-order valence-corrected chi connectivity index (χ2v) is 6.15. The van der Waals surface area contributed by atoms with Crippen LogP contribution in [0.15, 0.2) is 30.3 Å². The van der Waals surface area contributed by atoms with Crippen LogP contribution in [-0.2, 0) is 13.1 Å². The van der Waals surface area contributed by atoms with Crippen LogP contribution in [0.25, 0.3) is 0 Å². The number of benzene rings is 2. The molecule has 1 atom stereocenters. The molecule has 1 unspecified atom stereocenters. The van der Waals surface area contributed by atoms with E-state index in [0.29, 0.717) is 35.7 Å². The number of ether oxygens (including phenoxy) is 2. The molecule has 2 aromatic carbocycles. The monoisotopic (exact) mass is 361 g/mol. The van der Waals surface area contributed by atoms with Crippen LogP contribution in [0.5, 0.6) is 11.5 Å². The Morgan fingerprint density at radius 1 is 1.23 bits per heavy atom. The summed E-state index contributed by atoms with van der Waals surface area (Å²) in [5.41, 5.74) is 1.88. The third-order valence-electron chi connectivity index (χ3n) is 4.56. The molecule has 0 saturated carbocycles. The summed E-state index contributed by atoms with van der Waals surface area (Å²) >= 11 is 0. The van der Waals surface area contributed by atoms with Gasteiger partial charge in [0.1, 0.15) is 17.3 Å². The number of aliphatic hydroxyl groups is 1. The summed E-state index contributed by atoms with van der Waals surface area (Å²) in [6.45, 7) is 1.01. The van der Waals surface area contributed by atoms with Gasteiger partial charge in [0.2, 0.25) is 0 Å². The number of methoxy groups -OCH3 is 2. The van der Waals surface area contributed by atoms with Crippen molar-refractivity contribution in [3.05, 3.63) is 58.4 Å². The number of hydrogen-bond acceptors (Lipinski definition) is 5. The van der Waals surface area contributed by atoms with Crippen molar-refractivity contribution in [2.75, 3.05) is 20.8 Å². The Labute approximate surface area is 150 Å². The second kappa shape index (κ2) is 7.31. The van der Waals surface area contributed by atoms with Crippen LogP contribution in [0, 0.1) is 5.82 Å². The molecule has 2 aromatic rings. The summed E-state index contributed by atoms with van der Waals surface area (Å²) < 4.78 is 24.1. The zero-order valence-electron chi connectivity index (χ0n) is 14.5. The molecule has 6 nitrogen and oxygen atoms in total. The SMILES string of the molecule is COc1ccc(OC)c2c1CN(Cc1ccc(F)cc1C(=O)O)CC2O. The molecule has 1 aliphatic heterocycles. The van der Waals surface area contributed by atoms with Gasteiger partial charge in [-0.15, -0.1) is 0 Å². The Balaban J connectivity index is 1.94. The predicted octanol–water partition coefficient (Wildman–Crippen LogP) is 2.59. The third-order valence-corrected chi connectivity index (χ3v) is 4.56. The number of aromatic carboxylic acids is 1. The van der Waals surface area contributed by atoms with E-state index in [1.165, 1.54) is 12.1 Å². The number of fused-ring (bicyclic) bond motifs is 1. The Morgan fingerprint density at radius 2 is 1.92 bits per heavy atom. The van der Waals surface area contributed by atoms with Gasteiger partial charge in [-0.3, -0.25) is 4.90 Å². The lowest BCUT2D eigenvalue weighted by molar-refractivity contribution is 0.0688. The molecule has 0 fully saturated rings. The number of β-amino-alcohol motifs (C(OH)–C–C–N with tert-alkyl or cyclic N) is 1. The maximum Gasteiger partial charge on any atom is 0.336 e. The minimum absolute atomic E-state index is 0.0807. The van der Waals surface area contributed by atoms with E-state index in [2.05, 4.69) is 0 Å². The van der Waals surface area contributed by atoms with Crippen molar-refractivity contribution in [3.63, 3.8) is 0 Å². The van der Waals surface area contributed by atoms with Gasteiger partial charge in [0.25, 0.3) is 0 Å². The number of aliphatic hydroxyl groups excluding tert-OH is 1. The lowest BCUT2D eigenvalue weighted by Crippen LogP contribution is -2.34. The Bertz CT molecular complexity index is 839. The standard InChI is InChI=1S/C19H20FNO5/c1-25-16-5-6-17(26-2)18-14(16)9-21(10-15(18)22)8-11-3-4-12(20)7-13(11)19(23)24/h3-7,15,22H,8-10H2,1-2H3,(H,23,24). The summed E-state index contributed by atoms with van der Waals surface area (Å²) in [4.78, 5) is 13.3. The molecule has 0 amide bonds. The first-order chi connectivity index (χ1) is 12.4. The van der Waals surface area contributed by atoms with Crippen molar-refractivity contribution in [1.29, 1.82) is 0 Å². The van der Waals surface area contributed by atoms with Gasteiger partial charge < -0.3 is 19.7 Å². The summed E-state index contributed by atoms with van der Waals surface area (Å²) in [6, 6.07) is 7.23. The van der Waals surface area contributed by atoms with Crippen molar-refractivity contribution >= 4 is 5.97 Å². The molecule has 2 N–H and O–H groups in total. The van der Waals surface area contributed by atoms with Crippen LogP contribution >= 0.6 is 0 Å². The van der Waals surface area contributed by atoms with E-state index in [1.807, 2.05) is 4.90 Å². The summed E-state index contributed by atoms with van der Waals surface area (Å²) in [7, 11) is 3.09. The molecule has 0 aromatic heterocycles. The average molecular weight is 361 g/mol. The van der Waals surface area contributed by atoms with E-state index in [9.17, 15) is 19.4 Å². The smallest absolute Gasteiger partial charge is 0.336 e. The van der Waals surface area contributed by atoms with E-state index in [4.69, 9.17) is 9.47 Å². The molecule has 138 valence electrons. The molecule has 0 saturated heterocycles. The normalized spacial score (nSPS) is 16.8. The zero-order valence-corrected chi connectivity index (χ0v) is 14.5. The molecule has 1 aliphatic rings. The Hall–Kier alpha value is -2.64. The quantitative estimate of drug-likeness (QED) is 0.852. The maximum atomic E-state index is 13.4. The van der Waals surface area contributed by atoms with Crippen molar-refractivity contribution in [2.24, 2.45) is 0 Å². The van der Waals surface area contributed by atoms with E-state index >= 15 is 0 Å². The van der Waals surface area contributed by atoms with Gasteiger partial charge in [0.15, 0.2) is 0 Å². The van der Waals surface area contributed by atoms with Crippen molar-refractivity contribution in [3.8, 4) is 11.5 Å². The number of rotatable bonds is 5. The summed E-state index contributed by atoms with van der Waals surface area (Å²) in [5, 5.41) is 19.9. The molecule has 1 heterocycles. The Kier molecular flexibility index (Phi) is 5.11. The first-order valence-corrected chi connectivity index (χ1v) is 8.10. The van der Waals surface area contributed by atoms with Gasteiger partial charge in [0.05, 0.1) is 25.9 Å². The highest BCUT2D eigenvalue weighted by atomic mass is 19.1. The van der Waals surface area contributed by atoms with Gasteiger partial charge in [0, 0.05) is 30.8 Å². The van der Waals surface area contributed by atoms with E-state index in [1.54, 1.807) is 26.4 Å². The van der Waals surface area contributed by atoms with Crippen LogP contribution in [0.4, 0.5) is 4.39 Å². The molecular formula is C19H20FNO5. The van der Waals surface area contributed by atoms with E-state index in [-0.39, 0.29) is 12.1 Å². The van der Waals surface area contributed by atoms with Crippen LogP contribution in [0.3, 0.4) is 0 Å². The van der Waals surface area contributed by atoms with Crippen LogP contribution in [0.1, 0.15) is 33.2 Å². The lowest BCUT2D eigenvalue weighted by Gasteiger charge is -2.34. The average Bonchev–Trinajstić information content (AvgIpc) is 2.62. The predicted molar refractivity (Wildman–Crippen MR) is 92.0 cm³/mol. The van der Waals surface area contributed by atoms with E-state index < -0.39 is 17.9 Å². The zero-order chi connectivity index (χ0) is 18.8. The number of carboxylic acids is 1.